The van der Waals surface area contributed by atoms with Crippen LogP contribution in [0.4, 0.5) is 0 Å². The second kappa shape index (κ2) is 1.46. The first-order valence-electron chi connectivity index (χ1n) is 1.12. The Morgan fingerprint density at radius 3 is 2.00 bits per heavy atom. The fourth-order valence-electron chi connectivity index (χ4n) is 0. The van der Waals surface area contributed by atoms with Gasteiger partial charge >= 0.3 is 0 Å². The molecular formula is C2H5N3. The summed E-state index contributed by atoms with van der Waals surface area (Å²) in [6.07, 6.45) is 0.778. The molecule has 0 aromatic rings. The van der Waals surface area contributed by atoms with Crippen molar-refractivity contribution in [3.63, 3.8) is 0 Å². The van der Waals surface area contributed by atoms with Crippen LogP contribution in [0.5, 0.6) is 0 Å². The van der Waals surface area contributed by atoms with Gasteiger partial charge in [-0.3, -0.25) is 5.41 Å². The number of amidine groups is 1. The van der Waals surface area contributed by atoms with Gasteiger partial charge in [0.15, 0.2) is 0 Å². The summed E-state index contributed by atoms with van der Waals surface area (Å²) in [5, 5.41) is 12.5. The van der Waals surface area contributed by atoms with E-state index in [9.17, 15) is 0 Å². The van der Waals surface area contributed by atoms with Crippen molar-refractivity contribution >= 4 is 12.1 Å². The van der Waals surface area contributed by atoms with Gasteiger partial charge in [0.05, 0.1) is 6.21 Å². The minimum Gasteiger partial charge on any atom is -0.383 e. The van der Waals surface area contributed by atoms with Gasteiger partial charge in [-0.2, -0.15) is 0 Å². The standard InChI is InChI=1S/C2H5N3/c3-1-2(4)5/h1,3H,(H3,4,5). The molecule has 0 aliphatic rings. The van der Waals surface area contributed by atoms with Gasteiger partial charge in [0.2, 0.25) is 0 Å². The van der Waals surface area contributed by atoms with Crippen molar-refractivity contribution in [2.45, 2.75) is 0 Å². The van der Waals surface area contributed by atoms with Crippen LogP contribution in [-0.2, 0) is 0 Å². The third kappa shape index (κ3) is 3.14. The topological polar surface area (TPSA) is 73.7 Å². The van der Waals surface area contributed by atoms with E-state index in [2.05, 4.69) is 5.73 Å². The zero-order valence-electron chi connectivity index (χ0n) is 2.65. The van der Waals surface area contributed by atoms with Crippen LogP contribution in [0, 0.1) is 10.8 Å². The Balaban J connectivity index is 3.20. The normalized spacial score (nSPS) is 6.40. The molecule has 28 valence electrons. The lowest BCUT2D eigenvalue weighted by Crippen LogP contribution is -2.08. The summed E-state index contributed by atoms with van der Waals surface area (Å²) in [5.41, 5.74) is 4.63. The fraction of sp³-hybridized carbons (Fsp3) is 0. The summed E-state index contributed by atoms with van der Waals surface area (Å²) >= 11 is 0. The van der Waals surface area contributed by atoms with Crippen LogP contribution in [0.2, 0.25) is 0 Å². The van der Waals surface area contributed by atoms with Crippen molar-refractivity contribution in [3.8, 4) is 0 Å². The third-order valence-corrected chi connectivity index (χ3v) is 0.156. The lowest BCUT2D eigenvalue weighted by Gasteiger charge is -1.70. The molecular weight excluding hydrogens is 66.0 g/mol. The molecule has 0 aliphatic heterocycles. The van der Waals surface area contributed by atoms with E-state index in [1.54, 1.807) is 0 Å². The second-order valence-electron chi connectivity index (χ2n) is 0.600. The maximum atomic E-state index is 6.28. The number of hydrogen-bond donors (Lipinski definition) is 3. The van der Waals surface area contributed by atoms with Crippen molar-refractivity contribution in [1.82, 2.24) is 0 Å². The predicted octanol–water partition coefficient (Wildman–Crippen LogP) is -0.428. The lowest BCUT2D eigenvalue weighted by atomic mass is 10.7. The van der Waals surface area contributed by atoms with Crippen LogP contribution in [0.1, 0.15) is 0 Å². The average Bonchev–Trinajstić information content (AvgIpc) is 1.38. The van der Waals surface area contributed by atoms with E-state index < -0.39 is 0 Å². The molecule has 0 heterocycles. The first-order chi connectivity index (χ1) is 2.27. The maximum Gasteiger partial charge on any atom is 0.133 e. The molecule has 0 aromatic heterocycles. The Kier molecular flexibility index (Phi) is 1.21. The molecule has 0 saturated carbocycles. The van der Waals surface area contributed by atoms with E-state index >= 15 is 0 Å². The minimum absolute atomic E-state index is 0.204. The molecule has 0 aromatic carbocycles. The molecule has 0 spiro atoms. The van der Waals surface area contributed by atoms with E-state index in [1.165, 1.54) is 0 Å². The largest absolute Gasteiger partial charge is 0.383 e. The molecule has 0 atom stereocenters. The Morgan fingerprint density at radius 1 is 1.80 bits per heavy atom. The van der Waals surface area contributed by atoms with E-state index in [4.69, 9.17) is 10.8 Å². The minimum atomic E-state index is -0.204. The fourth-order valence-corrected chi connectivity index (χ4v) is 0. The van der Waals surface area contributed by atoms with Gasteiger partial charge in [0.25, 0.3) is 0 Å². The molecule has 3 heteroatoms. The molecule has 0 aliphatic carbocycles. The zero-order chi connectivity index (χ0) is 4.28. The van der Waals surface area contributed by atoms with Crippen molar-refractivity contribution < 1.29 is 0 Å². The van der Waals surface area contributed by atoms with E-state index in [0.29, 0.717) is 0 Å². The number of rotatable bonds is 1. The number of hydrogen-bond acceptors (Lipinski definition) is 2. The van der Waals surface area contributed by atoms with Crippen molar-refractivity contribution in [2.75, 3.05) is 0 Å². The predicted molar refractivity (Wildman–Crippen MR) is 20.7 cm³/mol. The second-order valence-corrected chi connectivity index (χ2v) is 0.600. The van der Waals surface area contributed by atoms with E-state index in [-0.39, 0.29) is 5.84 Å². The maximum absolute atomic E-state index is 6.28. The van der Waals surface area contributed by atoms with E-state index in [1.807, 2.05) is 0 Å². The van der Waals surface area contributed by atoms with Crippen molar-refractivity contribution in [1.29, 1.82) is 10.8 Å². The summed E-state index contributed by atoms with van der Waals surface area (Å²) in [5.74, 6) is -0.204. The molecule has 0 amide bonds. The van der Waals surface area contributed by atoms with Crippen molar-refractivity contribution in [2.24, 2.45) is 5.73 Å². The first kappa shape index (κ1) is 4.14. The Labute approximate surface area is 29.8 Å². The number of nitrogens with one attached hydrogen (secondary N) is 2. The van der Waals surface area contributed by atoms with Crippen LogP contribution >= 0.6 is 0 Å². The zero-order valence-corrected chi connectivity index (χ0v) is 2.65. The van der Waals surface area contributed by atoms with E-state index in [0.717, 1.165) is 6.21 Å². The highest BCUT2D eigenvalue weighted by molar-refractivity contribution is 6.25. The Bertz CT molecular complexity index is 55.9. The Morgan fingerprint density at radius 2 is 2.00 bits per heavy atom. The molecule has 0 bridgehead atoms. The molecule has 3 nitrogen and oxygen atoms in total. The van der Waals surface area contributed by atoms with Crippen LogP contribution in [0.3, 0.4) is 0 Å². The van der Waals surface area contributed by atoms with Gasteiger partial charge in [0.1, 0.15) is 5.84 Å². The quantitative estimate of drug-likeness (QED) is 0.285. The third-order valence-electron chi connectivity index (χ3n) is 0.156. The van der Waals surface area contributed by atoms with Crippen LogP contribution < -0.4 is 5.73 Å². The summed E-state index contributed by atoms with van der Waals surface area (Å²) in [6, 6.07) is 0. The Hall–Kier alpha value is -0.860. The average molecular weight is 71.1 g/mol. The summed E-state index contributed by atoms with van der Waals surface area (Å²) in [6.45, 7) is 0. The molecule has 0 radical (unpaired) electrons. The highest BCUT2D eigenvalue weighted by Gasteiger charge is 1.64. The monoisotopic (exact) mass is 71.0 g/mol. The first-order valence-corrected chi connectivity index (χ1v) is 1.12. The van der Waals surface area contributed by atoms with Gasteiger partial charge in [-0.25, -0.2) is 0 Å². The molecule has 0 fully saturated rings. The highest BCUT2D eigenvalue weighted by Crippen LogP contribution is 1.35. The molecule has 0 saturated heterocycles. The van der Waals surface area contributed by atoms with Gasteiger partial charge in [-0.05, 0) is 0 Å². The smallest absolute Gasteiger partial charge is 0.133 e. The SMILES string of the molecule is N=CC(=N)N. The van der Waals surface area contributed by atoms with Gasteiger partial charge in [0, 0.05) is 0 Å². The number of nitrogens with two attached hydrogens (primary N) is 1. The summed E-state index contributed by atoms with van der Waals surface area (Å²) < 4.78 is 0. The molecule has 4 N–H and O–H groups in total. The summed E-state index contributed by atoms with van der Waals surface area (Å²) in [4.78, 5) is 0. The van der Waals surface area contributed by atoms with Gasteiger partial charge in [-0.1, -0.05) is 0 Å². The van der Waals surface area contributed by atoms with Crippen LogP contribution in [0.25, 0.3) is 0 Å². The van der Waals surface area contributed by atoms with Gasteiger partial charge < -0.3 is 11.1 Å². The van der Waals surface area contributed by atoms with Crippen LogP contribution in [-0.4, -0.2) is 12.1 Å². The lowest BCUT2D eigenvalue weighted by molar-refractivity contribution is 1.47. The van der Waals surface area contributed by atoms with Gasteiger partial charge in [-0.15, -0.1) is 0 Å². The van der Waals surface area contributed by atoms with Crippen LogP contribution in [0.15, 0.2) is 0 Å². The summed E-state index contributed by atoms with van der Waals surface area (Å²) in [7, 11) is 0. The molecule has 0 unspecified atom stereocenters. The van der Waals surface area contributed by atoms with Crippen molar-refractivity contribution in [3.05, 3.63) is 0 Å². The molecule has 5 heavy (non-hydrogen) atoms. The molecule has 0 rings (SSSR count). The highest BCUT2D eigenvalue weighted by atomic mass is 14.7.